The number of halogens is 3. The Kier molecular flexibility index (Phi) is 11.5. The van der Waals surface area contributed by atoms with Gasteiger partial charge in [0.15, 0.2) is 0 Å². The maximum Gasteiger partial charge on any atom is 0.416 e. The van der Waals surface area contributed by atoms with Crippen LogP contribution in [0, 0.1) is 5.92 Å². The number of likely N-dealkylation sites (tertiary alicyclic amines) is 1. The molecule has 0 radical (unpaired) electrons. The molecule has 0 atom stereocenters. The first-order chi connectivity index (χ1) is 17.8. The van der Waals surface area contributed by atoms with Crippen LogP contribution in [0.5, 0.6) is 0 Å². The molecular weight excluding hydrogens is 473 g/mol. The summed E-state index contributed by atoms with van der Waals surface area (Å²) in [5.41, 5.74) is 2.35. The molecule has 1 amide bonds. The molecule has 37 heavy (non-hydrogen) atoms. The van der Waals surface area contributed by atoms with Crippen molar-refractivity contribution in [1.82, 2.24) is 9.80 Å². The molecule has 2 aromatic rings. The lowest BCUT2D eigenvalue weighted by atomic mass is 9.95. The number of hydrogen-bond donors (Lipinski definition) is 0. The zero-order chi connectivity index (χ0) is 26.7. The average molecular weight is 517 g/mol. The van der Waals surface area contributed by atoms with E-state index in [2.05, 4.69) is 30.9 Å². The van der Waals surface area contributed by atoms with Crippen molar-refractivity contribution < 1.29 is 18.0 Å². The minimum atomic E-state index is -4.30. The van der Waals surface area contributed by atoms with Crippen molar-refractivity contribution in [3.63, 3.8) is 0 Å². The Labute approximate surface area is 221 Å². The Morgan fingerprint density at radius 3 is 2.05 bits per heavy atom. The first-order valence-electron chi connectivity index (χ1n) is 14.1. The first kappa shape index (κ1) is 29.2. The SMILES string of the molecule is CCCCCCCCc1ccc(C(=O)N2CCC(CN(CC)Cc3ccc(C(F)(F)F)cc3)CC2)cc1. The summed E-state index contributed by atoms with van der Waals surface area (Å²) in [4.78, 5) is 17.3. The number of piperidine rings is 1. The van der Waals surface area contributed by atoms with Gasteiger partial charge in [0.1, 0.15) is 0 Å². The Morgan fingerprint density at radius 1 is 0.865 bits per heavy atom. The van der Waals surface area contributed by atoms with Gasteiger partial charge in [-0.15, -0.1) is 0 Å². The second-order valence-corrected chi connectivity index (χ2v) is 10.5. The number of nitrogens with zero attached hydrogens (tertiary/aromatic N) is 2. The van der Waals surface area contributed by atoms with E-state index in [1.54, 1.807) is 12.1 Å². The van der Waals surface area contributed by atoms with E-state index < -0.39 is 11.7 Å². The summed E-state index contributed by atoms with van der Waals surface area (Å²) in [5.74, 6) is 0.597. The van der Waals surface area contributed by atoms with E-state index in [1.807, 2.05) is 17.0 Å². The Hall–Kier alpha value is -2.34. The monoisotopic (exact) mass is 516 g/mol. The Morgan fingerprint density at radius 2 is 1.46 bits per heavy atom. The van der Waals surface area contributed by atoms with Gasteiger partial charge in [-0.1, -0.05) is 70.2 Å². The van der Waals surface area contributed by atoms with Gasteiger partial charge >= 0.3 is 6.18 Å². The highest BCUT2D eigenvalue weighted by Gasteiger charge is 2.30. The number of hydrogen-bond acceptors (Lipinski definition) is 2. The van der Waals surface area contributed by atoms with Crippen LogP contribution < -0.4 is 0 Å². The minimum absolute atomic E-state index is 0.113. The summed E-state index contributed by atoms with van der Waals surface area (Å²) in [6.45, 7) is 8.19. The van der Waals surface area contributed by atoms with Crippen LogP contribution in [0.15, 0.2) is 48.5 Å². The molecule has 6 heteroatoms. The number of unbranched alkanes of at least 4 members (excludes halogenated alkanes) is 5. The predicted octanol–water partition coefficient (Wildman–Crippen LogP) is 7.98. The summed E-state index contributed by atoms with van der Waals surface area (Å²) >= 11 is 0. The number of carbonyl (C=O) groups excluding carboxylic acids is 1. The maximum atomic E-state index is 13.0. The molecule has 0 saturated carbocycles. The highest BCUT2D eigenvalue weighted by Crippen LogP contribution is 2.29. The van der Waals surface area contributed by atoms with Gasteiger partial charge in [-0.2, -0.15) is 13.2 Å². The van der Waals surface area contributed by atoms with Crippen LogP contribution in [0.4, 0.5) is 13.2 Å². The van der Waals surface area contributed by atoms with Gasteiger partial charge in [-0.25, -0.2) is 0 Å². The fraction of sp³-hybridized carbons (Fsp3) is 0.581. The normalized spacial score (nSPS) is 14.9. The molecule has 1 saturated heterocycles. The molecule has 1 aliphatic heterocycles. The zero-order valence-electron chi connectivity index (χ0n) is 22.5. The maximum absolute atomic E-state index is 13.0. The number of alkyl halides is 3. The summed E-state index contributed by atoms with van der Waals surface area (Å²) in [6, 6.07) is 13.6. The van der Waals surface area contributed by atoms with E-state index in [9.17, 15) is 18.0 Å². The lowest BCUT2D eigenvalue weighted by molar-refractivity contribution is -0.137. The molecule has 1 heterocycles. The minimum Gasteiger partial charge on any atom is -0.339 e. The summed E-state index contributed by atoms with van der Waals surface area (Å²) < 4.78 is 38.5. The van der Waals surface area contributed by atoms with Crippen LogP contribution in [0.1, 0.15) is 92.3 Å². The third-order valence-electron chi connectivity index (χ3n) is 7.57. The molecule has 3 rings (SSSR count). The van der Waals surface area contributed by atoms with E-state index in [1.165, 1.54) is 44.1 Å². The highest BCUT2D eigenvalue weighted by molar-refractivity contribution is 5.94. The molecule has 0 bridgehead atoms. The van der Waals surface area contributed by atoms with Gasteiger partial charge in [0.25, 0.3) is 5.91 Å². The van der Waals surface area contributed by atoms with Crippen molar-refractivity contribution >= 4 is 5.91 Å². The number of benzene rings is 2. The van der Waals surface area contributed by atoms with E-state index in [-0.39, 0.29) is 5.91 Å². The van der Waals surface area contributed by atoms with Gasteiger partial charge in [-0.3, -0.25) is 9.69 Å². The molecule has 3 nitrogen and oxygen atoms in total. The summed E-state index contributed by atoms with van der Waals surface area (Å²) in [5, 5.41) is 0. The van der Waals surface area contributed by atoms with Crippen LogP contribution >= 0.6 is 0 Å². The molecule has 0 spiro atoms. The molecular formula is C31H43F3N2O. The number of aryl methyl sites for hydroxylation is 1. The molecule has 1 fully saturated rings. The third-order valence-corrected chi connectivity index (χ3v) is 7.57. The van der Waals surface area contributed by atoms with Crippen LogP contribution in [0.2, 0.25) is 0 Å². The third kappa shape index (κ3) is 9.48. The molecule has 0 aliphatic carbocycles. The van der Waals surface area contributed by atoms with Gasteiger partial charge < -0.3 is 4.90 Å². The Balaban J connectivity index is 1.41. The quantitative estimate of drug-likeness (QED) is 0.252. The molecule has 2 aromatic carbocycles. The summed E-state index contributed by atoms with van der Waals surface area (Å²) in [7, 11) is 0. The largest absolute Gasteiger partial charge is 0.416 e. The van der Waals surface area contributed by atoms with E-state index in [0.717, 1.165) is 68.7 Å². The predicted molar refractivity (Wildman–Crippen MR) is 145 cm³/mol. The standard InChI is InChI=1S/C31H43F3N2O/c1-3-5-6-7-8-9-10-25-11-15-28(16-12-25)30(37)36-21-19-27(20-22-36)24-35(4-2)23-26-13-17-29(18-14-26)31(32,33)34/h11-18,27H,3-10,19-24H2,1-2H3. The van der Waals surface area contributed by atoms with Crippen molar-refractivity contribution in [2.75, 3.05) is 26.2 Å². The van der Waals surface area contributed by atoms with Crippen molar-refractivity contribution in [1.29, 1.82) is 0 Å². The van der Waals surface area contributed by atoms with Gasteiger partial charge in [0, 0.05) is 31.7 Å². The van der Waals surface area contributed by atoms with Gasteiger partial charge in [0.05, 0.1) is 5.56 Å². The molecule has 204 valence electrons. The fourth-order valence-corrected chi connectivity index (χ4v) is 5.15. The topological polar surface area (TPSA) is 23.6 Å². The molecule has 0 aromatic heterocycles. The van der Waals surface area contributed by atoms with E-state index in [4.69, 9.17) is 0 Å². The van der Waals surface area contributed by atoms with Gasteiger partial charge in [0.2, 0.25) is 0 Å². The van der Waals surface area contributed by atoms with Crippen molar-refractivity contribution in [2.45, 2.75) is 84.4 Å². The molecule has 0 N–H and O–H groups in total. The van der Waals surface area contributed by atoms with E-state index in [0.29, 0.717) is 12.5 Å². The van der Waals surface area contributed by atoms with Crippen molar-refractivity contribution in [3.8, 4) is 0 Å². The number of amides is 1. The second-order valence-electron chi connectivity index (χ2n) is 10.5. The lowest BCUT2D eigenvalue weighted by Crippen LogP contribution is -2.41. The zero-order valence-corrected chi connectivity index (χ0v) is 22.5. The summed E-state index contributed by atoms with van der Waals surface area (Å²) in [6.07, 6.45) is 6.40. The average Bonchev–Trinajstić information content (AvgIpc) is 2.90. The highest BCUT2D eigenvalue weighted by atomic mass is 19.4. The molecule has 0 unspecified atom stereocenters. The molecule has 1 aliphatic rings. The Bertz CT molecular complexity index is 932. The van der Waals surface area contributed by atoms with Crippen molar-refractivity contribution in [2.24, 2.45) is 5.92 Å². The van der Waals surface area contributed by atoms with Gasteiger partial charge in [-0.05, 0) is 73.5 Å². The van der Waals surface area contributed by atoms with Crippen LogP contribution in [0.3, 0.4) is 0 Å². The first-order valence-corrected chi connectivity index (χ1v) is 14.1. The van der Waals surface area contributed by atoms with Crippen LogP contribution in [-0.2, 0) is 19.1 Å². The lowest BCUT2D eigenvalue weighted by Gasteiger charge is -2.34. The smallest absolute Gasteiger partial charge is 0.339 e. The number of carbonyl (C=O) groups is 1. The van der Waals surface area contributed by atoms with Crippen LogP contribution in [0.25, 0.3) is 0 Å². The van der Waals surface area contributed by atoms with Crippen LogP contribution in [-0.4, -0.2) is 41.9 Å². The second kappa shape index (κ2) is 14.6. The van der Waals surface area contributed by atoms with Crippen molar-refractivity contribution in [3.05, 3.63) is 70.8 Å². The van der Waals surface area contributed by atoms with E-state index >= 15 is 0 Å². The fourth-order valence-electron chi connectivity index (χ4n) is 5.15. The number of rotatable bonds is 13.